The van der Waals surface area contributed by atoms with E-state index in [0.717, 1.165) is 21.3 Å². The molecule has 0 bridgehead atoms. The molecule has 0 aliphatic heterocycles. The van der Waals surface area contributed by atoms with Gasteiger partial charge in [0.15, 0.2) is 5.82 Å². The lowest BCUT2D eigenvalue weighted by molar-refractivity contribution is 0.178. The third kappa shape index (κ3) is 4.27. The van der Waals surface area contributed by atoms with Gasteiger partial charge in [-0.25, -0.2) is 14.4 Å². The van der Waals surface area contributed by atoms with Crippen molar-refractivity contribution < 1.29 is 14.2 Å². The molecular formula is C22H20FN3O2S. The first-order valence-electron chi connectivity index (χ1n) is 9.15. The molecule has 0 amide bonds. The van der Waals surface area contributed by atoms with Crippen LogP contribution >= 0.6 is 11.3 Å². The summed E-state index contributed by atoms with van der Waals surface area (Å²) in [5.74, 6) is 0.880. The normalized spacial score (nSPS) is 12.2. The highest BCUT2D eigenvalue weighted by molar-refractivity contribution is 7.17. The van der Waals surface area contributed by atoms with Gasteiger partial charge in [0.05, 0.1) is 11.5 Å². The maximum absolute atomic E-state index is 13.1. The number of nitrogens with zero attached hydrogens (tertiary/aromatic N) is 2. The number of rotatable bonds is 7. The molecule has 1 unspecified atom stereocenters. The van der Waals surface area contributed by atoms with Gasteiger partial charge in [-0.1, -0.05) is 42.5 Å². The van der Waals surface area contributed by atoms with Crippen molar-refractivity contribution in [2.75, 3.05) is 19.0 Å². The lowest BCUT2D eigenvalue weighted by atomic mass is 10.1. The van der Waals surface area contributed by atoms with Crippen LogP contribution in [-0.2, 0) is 11.3 Å². The van der Waals surface area contributed by atoms with Crippen LogP contribution in [0, 0.1) is 5.82 Å². The molecule has 0 fully saturated rings. The van der Waals surface area contributed by atoms with Gasteiger partial charge in [-0.05, 0) is 23.3 Å². The summed E-state index contributed by atoms with van der Waals surface area (Å²) in [6, 6.07) is 15.9. The molecule has 7 heteroatoms. The van der Waals surface area contributed by atoms with E-state index >= 15 is 0 Å². The third-order valence-corrected chi connectivity index (χ3v) is 5.43. The molecule has 148 valence electrons. The Hall–Kier alpha value is -2.87. The Bertz CT molecular complexity index is 1100. The Morgan fingerprint density at radius 1 is 1.10 bits per heavy atom. The van der Waals surface area contributed by atoms with Crippen LogP contribution in [0.25, 0.3) is 21.3 Å². The van der Waals surface area contributed by atoms with E-state index in [9.17, 15) is 9.50 Å². The predicted octanol–water partition coefficient (Wildman–Crippen LogP) is 4.79. The number of methoxy groups -OCH3 is 1. The van der Waals surface area contributed by atoms with Crippen molar-refractivity contribution in [2.24, 2.45) is 0 Å². The topological polar surface area (TPSA) is 67.3 Å². The molecule has 0 saturated carbocycles. The van der Waals surface area contributed by atoms with Gasteiger partial charge < -0.3 is 15.2 Å². The van der Waals surface area contributed by atoms with Crippen molar-refractivity contribution in [3.05, 3.63) is 77.2 Å². The molecule has 5 nitrogen and oxygen atoms in total. The molecule has 2 aromatic heterocycles. The minimum Gasteiger partial charge on any atom is -0.387 e. The molecule has 0 radical (unpaired) electrons. The minimum atomic E-state index is -0.801. The van der Waals surface area contributed by atoms with Crippen molar-refractivity contribution in [2.45, 2.75) is 12.7 Å². The van der Waals surface area contributed by atoms with E-state index in [4.69, 9.17) is 4.74 Å². The Morgan fingerprint density at radius 2 is 1.86 bits per heavy atom. The van der Waals surface area contributed by atoms with Gasteiger partial charge in [0.2, 0.25) is 0 Å². The summed E-state index contributed by atoms with van der Waals surface area (Å²) in [7, 11) is 1.60. The van der Waals surface area contributed by atoms with Gasteiger partial charge in [0, 0.05) is 24.6 Å². The van der Waals surface area contributed by atoms with E-state index < -0.39 is 6.10 Å². The molecule has 1 atom stereocenters. The largest absolute Gasteiger partial charge is 0.387 e. The molecule has 0 spiro atoms. The van der Waals surface area contributed by atoms with Crippen LogP contribution < -0.4 is 5.32 Å². The van der Waals surface area contributed by atoms with Gasteiger partial charge in [-0.3, -0.25) is 0 Å². The second-order valence-corrected chi connectivity index (χ2v) is 7.42. The SMILES string of the molecule is COCc1nc(NCC(O)c2ccc(F)cc2)c2c(-c3ccccc3)csc2n1. The first-order valence-corrected chi connectivity index (χ1v) is 10.0. The fourth-order valence-corrected chi connectivity index (χ4v) is 4.10. The molecule has 29 heavy (non-hydrogen) atoms. The lowest BCUT2D eigenvalue weighted by Gasteiger charge is -2.15. The number of ether oxygens (including phenoxy) is 1. The molecule has 2 heterocycles. The van der Waals surface area contributed by atoms with Crippen LogP contribution in [0.5, 0.6) is 0 Å². The molecule has 4 aromatic rings. The maximum Gasteiger partial charge on any atom is 0.158 e. The zero-order valence-corrected chi connectivity index (χ0v) is 16.6. The monoisotopic (exact) mass is 409 g/mol. The van der Waals surface area contributed by atoms with Crippen molar-refractivity contribution in [1.82, 2.24) is 9.97 Å². The molecular weight excluding hydrogens is 389 g/mol. The average Bonchev–Trinajstić information content (AvgIpc) is 3.17. The highest BCUT2D eigenvalue weighted by Crippen LogP contribution is 2.37. The highest BCUT2D eigenvalue weighted by atomic mass is 32.1. The number of nitrogens with one attached hydrogen (secondary N) is 1. The standard InChI is InChI=1S/C22H20FN3O2S/c1-28-12-19-25-21(24-11-18(27)15-7-9-16(23)10-8-15)20-17(13-29-22(20)26-19)14-5-3-2-4-6-14/h2-10,13,18,27H,11-12H2,1H3,(H,24,25,26). The number of aliphatic hydroxyl groups excluding tert-OH is 1. The summed E-state index contributed by atoms with van der Waals surface area (Å²) >= 11 is 1.54. The summed E-state index contributed by atoms with van der Waals surface area (Å²) in [5.41, 5.74) is 2.74. The van der Waals surface area contributed by atoms with Gasteiger partial charge in [0.1, 0.15) is 23.1 Å². The number of hydrogen-bond acceptors (Lipinski definition) is 6. The Labute approximate surface area is 171 Å². The second kappa shape index (κ2) is 8.65. The van der Waals surface area contributed by atoms with Crippen LogP contribution in [0.2, 0.25) is 0 Å². The fourth-order valence-electron chi connectivity index (χ4n) is 3.13. The summed E-state index contributed by atoms with van der Waals surface area (Å²) in [5, 5.41) is 16.7. The number of halogens is 1. The minimum absolute atomic E-state index is 0.230. The number of hydrogen-bond donors (Lipinski definition) is 2. The van der Waals surface area contributed by atoms with Crippen LogP contribution in [-0.4, -0.2) is 28.7 Å². The molecule has 0 aliphatic carbocycles. The van der Waals surface area contributed by atoms with E-state index in [1.54, 1.807) is 30.6 Å². The number of thiophene rings is 1. The smallest absolute Gasteiger partial charge is 0.158 e. The number of fused-ring (bicyclic) bond motifs is 1. The maximum atomic E-state index is 13.1. The molecule has 2 aromatic carbocycles. The second-order valence-electron chi connectivity index (χ2n) is 6.57. The molecule has 2 N–H and O–H groups in total. The average molecular weight is 409 g/mol. The Morgan fingerprint density at radius 3 is 2.59 bits per heavy atom. The van der Waals surface area contributed by atoms with E-state index in [1.165, 1.54) is 12.1 Å². The first-order chi connectivity index (χ1) is 14.2. The van der Waals surface area contributed by atoms with Gasteiger partial charge in [-0.15, -0.1) is 11.3 Å². The molecule has 0 saturated heterocycles. The van der Waals surface area contributed by atoms with E-state index in [1.807, 2.05) is 30.3 Å². The van der Waals surface area contributed by atoms with Crippen molar-refractivity contribution in [1.29, 1.82) is 0 Å². The number of aliphatic hydroxyl groups is 1. The number of aromatic nitrogens is 2. The Kier molecular flexibility index (Phi) is 5.80. The summed E-state index contributed by atoms with van der Waals surface area (Å²) in [6.07, 6.45) is -0.801. The van der Waals surface area contributed by atoms with Gasteiger partial charge >= 0.3 is 0 Å². The zero-order valence-electron chi connectivity index (χ0n) is 15.8. The van der Waals surface area contributed by atoms with Crippen LogP contribution in [0.3, 0.4) is 0 Å². The first kappa shape index (κ1) is 19.4. The lowest BCUT2D eigenvalue weighted by Crippen LogP contribution is -2.14. The van der Waals surface area contributed by atoms with E-state index in [0.29, 0.717) is 23.8 Å². The number of anilines is 1. The fraction of sp³-hybridized carbons (Fsp3) is 0.182. The summed E-state index contributed by atoms with van der Waals surface area (Å²) < 4.78 is 18.3. The van der Waals surface area contributed by atoms with Gasteiger partial charge in [-0.2, -0.15) is 0 Å². The van der Waals surface area contributed by atoms with Gasteiger partial charge in [0.25, 0.3) is 0 Å². The Balaban J connectivity index is 1.69. The highest BCUT2D eigenvalue weighted by Gasteiger charge is 2.17. The van der Waals surface area contributed by atoms with Crippen molar-refractivity contribution in [3.8, 4) is 11.1 Å². The quantitative estimate of drug-likeness (QED) is 0.459. The predicted molar refractivity (Wildman–Crippen MR) is 113 cm³/mol. The van der Waals surface area contributed by atoms with E-state index in [-0.39, 0.29) is 12.4 Å². The summed E-state index contributed by atoms with van der Waals surface area (Å²) in [4.78, 5) is 10.1. The number of benzene rings is 2. The third-order valence-electron chi connectivity index (χ3n) is 4.56. The molecule has 4 rings (SSSR count). The zero-order chi connectivity index (χ0) is 20.2. The van der Waals surface area contributed by atoms with Crippen LogP contribution in [0.4, 0.5) is 10.2 Å². The van der Waals surface area contributed by atoms with Crippen molar-refractivity contribution in [3.63, 3.8) is 0 Å². The molecule has 0 aliphatic rings. The van der Waals surface area contributed by atoms with Crippen LogP contribution in [0.15, 0.2) is 60.0 Å². The summed E-state index contributed by atoms with van der Waals surface area (Å²) in [6.45, 7) is 0.526. The van der Waals surface area contributed by atoms with E-state index in [2.05, 4.69) is 20.7 Å². The van der Waals surface area contributed by atoms with Crippen molar-refractivity contribution >= 4 is 27.4 Å². The van der Waals surface area contributed by atoms with Crippen LogP contribution in [0.1, 0.15) is 17.5 Å².